The summed E-state index contributed by atoms with van der Waals surface area (Å²) < 4.78 is 19.3. The predicted octanol–water partition coefficient (Wildman–Crippen LogP) is 3.92. The summed E-state index contributed by atoms with van der Waals surface area (Å²) in [5, 5.41) is 12.7. The quantitative estimate of drug-likeness (QED) is 0.673. The van der Waals surface area contributed by atoms with Crippen LogP contribution in [0, 0.1) is 0 Å². The van der Waals surface area contributed by atoms with Gasteiger partial charge in [-0.15, -0.1) is 0 Å². The smallest absolute Gasteiger partial charge is 0.146 e. The van der Waals surface area contributed by atoms with Crippen molar-refractivity contribution in [1.82, 2.24) is 0 Å². The van der Waals surface area contributed by atoms with Gasteiger partial charge in [-0.1, -0.05) is 72.8 Å². The van der Waals surface area contributed by atoms with Gasteiger partial charge >= 0.3 is 0 Å². The van der Waals surface area contributed by atoms with Crippen molar-refractivity contribution in [3.05, 3.63) is 90.5 Å². The lowest BCUT2D eigenvalue weighted by atomic mass is 9.98. The van der Waals surface area contributed by atoms with Crippen molar-refractivity contribution in [3.63, 3.8) is 0 Å². The van der Waals surface area contributed by atoms with Crippen molar-refractivity contribution in [1.29, 1.82) is 0 Å². The molecule has 3 aromatic rings. The summed E-state index contributed by atoms with van der Waals surface area (Å²) in [5.74, 6) is 0.721. The van der Waals surface area contributed by atoms with Gasteiger partial charge in [0, 0.05) is 16.8 Å². The monoisotopic (exact) mass is 366 g/mol. The molecule has 0 fully saturated rings. The first kappa shape index (κ1) is 18.4. The summed E-state index contributed by atoms with van der Waals surface area (Å²) in [6.07, 6.45) is 0.125. The fourth-order valence-corrected chi connectivity index (χ4v) is 6.16. The molecule has 1 unspecified atom stereocenters. The maximum Gasteiger partial charge on any atom is 0.146 e. The fourth-order valence-electron chi connectivity index (χ4n) is 3.14. The third-order valence-corrected chi connectivity index (χ3v) is 7.91. The Labute approximate surface area is 154 Å². The molecule has 3 aromatic carbocycles. The molecular weight excluding hydrogens is 343 g/mol. The summed E-state index contributed by atoms with van der Waals surface area (Å²) in [5.41, 5.74) is -0.529. The molecule has 0 amide bonds. The van der Waals surface area contributed by atoms with Crippen LogP contribution in [0.25, 0.3) is 0 Å². The highest BCUT2D eigenvalue weighted by molar-refractivity contribution is 7.78. The number of ether oxygens (including phenoxy) is 1. The van der Waals surface area contributed by atoms with Crippen LogP contribution in [-0.4, -0.2) is 18.4 Å². The van der Waals surface area contributed by atoms with E-state index < -0.39 is 12.7 Å². The minimum atomic E-state index is -3.01. The van der Waals surface area contributed by atoms with Crippen molar-refractivity contribution in [3.8, 4) is 5.75 Å². The molecule has 0 aliphatic carbocycles. The Morgan fingerprint density at radius 2 is 1.31 bits per heavy atom. The van der Waals surface area contributed by atoms with Crippen molar-refractivity contribution in [2.45, 2.75) is 12.5 Å². The van der Waals surface area contributed by atoms with E-state index in [1.807, 2.05) is 72.8 Å². The molecule has 0 spiro atoms. The van der Waals surface area contributed by atoms with Crippen LogP contribution in [0.1, 0.15) is 12.5 Å². The van der Waals surface area contributed by atoms with Gasteiger partial charge in [-0.2, -0.15) is 0 Å². The Morgan fingerprint density at radius 1 is 0.846 bits per heavy atom. The van der Waals surface area contributed by atoms with Crippen LogP contribution in [0.4, 0.5) is 0 Å². The van der Waals surface area contributed by atoms with Gasteiger partial charge in [0.05, 0.1) is 12.7 Å². The summed E-state index contributed by atoms with van der Waals surface area (Å²) >= 11 is 0. The number of aliphatic hydroxyl groups is 1. The van der Waals surface area contributed by atoms with Gasteiger partial charge in [-0.05, 0) is 24.6 Å². The molecule has 134 valence electrons. The molecule has 0 aliphatic rings. The van der Waals surface area contributed by atoms with E-state index in [0.717, 1.165) is 16.4 Å². The van der Waals surface area contributed by atoms with E-state index >= 15 is 0 Å². The van der Waals surface area contributed by atoms with E-state index in [-0.39, 0.29) is 6.16 Å². The third kappa shape index (κ3) is 3.75. The molecule has 1 atom stereocenters. The average molecular weight is 366 g/mol. The van der Waals surface area contributed by atoms with E-state index in [1.54, 1.807) is 26.2 Å². The van der Waals surface area contributed by atoms with Gasteiger partial charge < -0.3 is 14.4 Å². The van der Waals surface area contributed by atoms with Crippen molar-refractivity contribution >= 4 is 17.8 Å². The highest BCUT2D eigenvalue weighted by Crippen LogP contribution is 2.48. The van der Waals surface area contributed by atoms with Crippen LogP contribution in [0.15, 0.2) is 84.9 Å². The molecule has 0 saturated heterocycles. The zero-order valence-electron chi connectivity index (χ0n) is 15.0. The van der Waals surface area contributed by atoms with Gasteiger partial charge in [-0.25, -0.2) is 0 Å². The summed E-state index contributed by atoms with van der Waals surface area (Å²) in [7, 11) is -1.41. The molecule has 0 aliphatic heterocycles. The molecule has 0 heterocycles. The van der Waals surface area contributed by atoms with E-state index in [9.17, 15) is 9.67 Å². The fraction of sp³-hybridized carbons (Fsp3) is 0.182. The Bertz CT molecular complexity index is 844. The van der Waals surface area contributed by atoms with Crippen LogP contribution >= 0.6 is 7.14 Å². The summed E-state index contributed by atoms with van der Waals surface area (Å²) in [6.45, 7) is 1.72. The van der Waals surface area contributed by atoms with E-state index in [2.05, 4.69) is 0 Å². The third-order valence-electron chi connectivity index (χ3n) is 4.59. The molecule has 1 N–H and O–H groups in total. The number of hydrogen-bond donors (Lipinski definition) is 1. The number of methoxy groups -OCH3 is 1. The first-order chi connectivity index (χ1) is 12.5. The second-order valence-electron chi connectivity index (χ2n) is 6.57. The normalized spacial score (nSPS) is 13.8. The lowest BCUT2D eigenvalue weighted by molar-refractivity contribution is 0.0819. The highest BCUT2D eigenvalue weighted by atomic mass is 31.2. The van der Waals surface area contributed by atoms with Crippen LogP contribution in [0.5, 0.6) is 5.75 Å². The molecular formula is C22H23O3P. The van der Waals surface area contributed by atoms with Gasteiger partial charge in [-0.3, -0.25) is 0 Å². The van der Waals surface area contributed by atoms with Gasteiger partial charge in [0.15, 0.2) is 0 Å². The topological polar surface area (TPSA) is 46.5 Å². The standard InChI is InChI=1S/C22H23O3P/c1-22(23,18-13-15-19(25-2)16-14-18)17-26(24,20-9-5-3-6-10-20)21-11-7-4-8-12-21/h3-16,23H,17H2,1-2H3. The van der Waals surface area contributed by atoms with Crippen LogP contribution in [0.3, 0.4) is 0 Å². The second-order valence-corrected chi connectivity index (χ2v) is 9.40. The lowest BCUT2D eigenvalue weighted by Gasteiger charge is -2.30. The SMILES string of the molecule is COc1ccc(C(C)(O)CP(=O)(c2ccccc2)c2ccccc2)cc1. The average Bonchev–Trinajstić information content (AvgIpc) is 2.69. The molecule has 0 radical (unpaired) electrons. The predicted molar refractivity (Wildman–Crippen MR) is 107 cm³/mol. The second kappa shape index (κ2) is 7.49. The van der Waals surface area contributed by atoms with Crippen molar-refractivity contribution < 1.29 is 14.4 Å². The Balaban J connectivity index is 2.04. The van der Waals surface area contributed by atoms with Crippen molar-refractivity contribution in [2.75, 3.05) is 13.3 Å². The Morgan fingerprint density at radius 3 is 1.73 bits per heavy atom. The Hall–Kier alpha value is -2.35. The number of rotatable bonds is 6. The molecule has 0 aromatic heterocycles. The highest BCUT2D eigenvalue weighted by Gasteiger charge is 2.37. The zero-order chi connectivity index (χ0) is 18.6. The zero-order valence-corrected chi connectivity index (χ0v) is 15.9. The summed E-state index contributed by atoms with van der Waals surface area (Å²) in [4.78, 5) is 0. The molecule has 4 heteroatoms. The molecule has 3 nitrogen and oxygen atoms in total. The minimum absolute atomic E-state index is 0.125. The lowest BCUT2D eigenvalue weighted by Crippen LogP contribution is -2.32. The van der Waals surface area contributed by atoms with Crippen molar-refractivity contribution in [2.24, 2.45) is 0 Å². The molecule has 0 saturated carbocycles. The molecule has 0 bridgehead atoms. The minimum Gasteiger partial charge on any atom is -0.497 e. The molecule has 3 rings (SSSR count). The van der Waals surface area contributed by atoms with Crippen LogP contribution in [0.2, 0.25) is 0 Å². The first-order valence-corrected chi connectivity index (χ1v) is 10.4. The van der Waals surface area contributed by atoms with E-state index in [0.29, 0.717) is 5.56 Å². The first-order valence-electron chi connectivity index (χ1n) is 8.53. The summed E-state index contributed by atoms with van der Waals surface area (Å²) in [6, 6.07) is 26.1. The number of benzene rings is 3. The number of hydrogen-bond acceptors (Lipinski definition) is 3. The molecule has 26 heavy (non-hydrogen) atoms. The Kier molecular flexibility index (Phi) is 5.31. The van der Waals surface area contributed by atoms with Gasteiger partial charge in [0.1, 0.15) is 12.9 Å². The maximum atomic E-state index is 14.1. The van der Waals surface area contributed by atoms with Crippen LogP contribution < -0.4 is 15.3 Å². The van der Waals surface area contributed by atoms with E-state index in [1.165, 1.54) is 0 Å². The van der Waals surface area contributed by atoms with E-state index in [4.69, 9.17) is 4.74 Å². The van der Waals surface area contributed by atoms with Gasteiger partial charge in [0.2, 0.25) is 0 Å². The van der Waals surface area contributed by atoms with Gasteiger partial charge in [0.25, 0.3) is 0 Å². The largest absolute Gasteiger partial charge is 0.497 e. The maximum absolute atomic E-state index is 14.1. The van der Waals surface area contributed by atoms with Crippen LogP contribution in [-0.2, 0) is 10.2 Å².